The third-order valence-corrected chi connectivity index (χ3v) is 2.83. The fraction of sp³-hybridized carbons (Fsp3) is 0.417. The molecule has 2 heterocycles. The molecule has 0 spiro atoms. The Morgan fingerprint density at radius 1 is 1.42 bits per heavy atom. The number of nitrogens with zero attached hydrogens (tertiary/aromatic N) is 2. The summed E-state index contributed by atoms with van der Waals surface area (Å²) < 4.78 is 0. The van der Waals surface area contributed by atoms with E-state index >= 15 is 0 Å². The van der Waals surface area contributed by atoms with Crippen molar-refractivity contribution in [3.8, 4) is 0 Å². The molecule has 1 fully saturated rings. The summed E-state index contributed by atoms with van der Waals surface area (Å²) in [6, 6.07) is 3.29. The van der Waals surface area contributed by atoms with Gasteiger partial charge in [-0.25, -0.2) is 4.98 Å². The van der Waals surface area contributed by atoms with E-state index in [0.29, 0.717) is 24.5 Å². The van der Waals surface area contributed by atoms with Crippen molar-refractivity contribution >= 4 is 35.7 Å². The van der Waals surface area contributed by atoms with Crippen molar-refractivity contribution in [3.63, 3.8) is 0 Å². The van der Waals surface area contributed by atoms with Crippen LogP contribution in [0.15, 0.2) is 18.3 Å². The number of amides is 2. The fourth-order valence-corrected chi connectivity index (χ4v) is 1.88. The number of rotatable bonds is 3. The lowest BCUT2D eigenvalue weighted by molar-refractivity contribution is -0.136. The zero-order chi connectivity index (χ0) is 13.0. The van der Waals surface area contributed by atoms with Crippen LogP contribution < -0.4 is 11.1 Å². The summed E-state index contributed by atoms with van der Waals surface area (Å²) in [5, 5.41) is 2.69. The third-order valence-electron chi connectivity index (χ3n) is 2.83. The zero-order valence-electron chi connectivity index (χ0n) is 10.5. The van der Waals surface area contributed by atoms with Crippen molar-refractivity contribution in [2.45, 2.75) is 19.3 Å². The number of piperidine rings is 1. The van der Waals surface area contributed by atoms with E-state index in [2.05, 4.69) is 10.3 Å². The molecule has 1 aromatic heterocycles. The van der Waals surface area contributed by atoms with Gasteiger partial charge >= 0.3 is 0 Å². The third kappa shape index (κ3) is 4.40. The molecule has 1 aliphatic heterocycles. The molecule has 1 aliphatic rings. The SMILES string of the molecule is Cl.Nc1ccc(NC(=O)CN2CCCCC2=O)cn1. The first kappa shape index (κ1) is 15.2. The van der Waals surface area contributed by atoms with E-state index in [9.17, 15) is 9.59 Å². The van der Waals surface area contributed by atoms with Gasteiger partial charge in [0, 0.05) is 13.0 Å². The molecule has 19 heavy (non-hydrogen) atoms. The Hall–Kier alpha value is -1.82. The first-order valence-corrected chi connectivity index (χ1v) is 5.94. The van der Waals surface area contributed by atoms with Crippen molar-refractivity contribution < 1.29 is 9.59 Å². The van der Waals surface area contributed by atoms with Gasteiger partial charge in [0.1, 0.15) is 5.82 Å². The van der Waals surface area contributed by atoms with Crippen LogP contribution in [-0.4, -0.2) is 34.8 Å². The first-order chi connectivity index (χ1) is 8.65. The lowest BCUT2D eigenvalue weighted by Crippen LogP contribution is -2.40. The Balaban J connectivity index is 0.00000180. The number of anilines is 2. The molecule has 0 aliphatic carbocycles. The molecule has 1 aromatic rings. The standard InChI is InChI=1S/C12H16N4O2.ClH/c13-10-5-4-9(7-14-10)15-11(17)8-16-6-2-1-3-12(16)18;/h4-5,7H,1-3,6,8H2,(H2,13,14)(H,15,17);1H. The zero-order valence-corrected chi connectivity index (χ0v) is 11.3. The number of aromatic nitrogens is 1. The molecular weight excluding hydrogens is 268 g/mol. The van der Waals surface area contributed by atoms with Crippen LogP contribution in [0.1, 0.15) is 19.3 Å². The van der Waals surface area contributed by atoms with Gasteiger partial charge in [0.25, 0.3) is 0 Å². The number of hydrogen-bond donors (Lipinski definition) is 2. The number of halogens is 1. The summed E-state index contributed by atoms with van der Waals surface area (Å²) in [5.74, 6) is 0.239. The molecule has 0 unspecified atom stereocenters. The Bertz CT molecular complexity index is 450. The molecular formula is C12H17ClN4O2. The summed E-state index contributed by atoms with van der Waals surface area (Å²) in [6.45, 7) is 0.759. The second-order valence-electron chi connectivity index (χ2n) is 4.29. The highest BCUT2D eigenvalue weighted by Crippen LogP contribution is 2.11. The average molecular weight is 285 g/mol. The summed E-state index contributed by atoms with van der Waals surface area (Å²) in [6.07, 6.45) is 3.91. The van der Waals surface area contributed by atoms with Crippen LogP contribution >= 0.6 is 12.4 Å². The van der Waals surface area contributed by atoms with Gasteiger partial charge in [-0.2, -0.15) is 0 Å². The number of carbonyl (C=O) groups is 2. The van der Waals surface area contributed by atoms with Gasteiger partial charge in [0.2, 0.25) is 11.8 Å². The lowest BCUT2D eigenvalue weighted by atomic mass is 10.1. The first-order valence-electron chi connectivity index (χ1n) is 5.94. The summed E-state index contributed by atoms with van der Waals surface area (Å²) in [4.78, 5) is 28.8. The van der Waals surface area contributed by atoms with Gasteiger partial charge in [-0.05, 0) is 25.0 Å². The molecule has 7 heteroatoms. The predicted molar refractivity (Wildman–Crippen MR) is 75.0 cm³/mol. The summed E-state index contributed by atoms with van der Waals surface area (Å²) in [5.41, 5.74) is 6.03. The van der Waals surface area contributed by atoms with Gasteiger partial charge in [-0.15, -0.1) is 12.4 Å². The van der Waals surface area contributed by atoms with Crippen LogP contribution in [0.25, 0.3) is 0 Å². The Kier molecular flexibility index (Phi) is 5.57. The fourth-order valence-electron chi connectivity index (χ4n) is 1.88. The van der Waals surface area contributed by atoms with Crippen molar-refractivity contribution in [2.75, 3.05) is 24.1 Å². The minimum Gasteiger partial charge on any atom is -0.384 e. The normalized spacial score (nSPS) is 14.7. The number of nitrogens with one attached hydrogen (secondary N) is 1. The maximum atomic E-state index is 11.7. The topological polar surface area (TPSA) is 88.3 Å². The number of nitrogen functional groups attached to an aromatic ring is 1. The number of hydrogen-bond acceptors (Lipinski definition) is 4. The van der Waals surface area contributed by atoms with Gasteiger partial charge in [-0.3, -0.25) is 9.59 Å². The number of pyridine rings is 1. The Morgan fingerprint density at radius 3 is 2.84 bits per heavy atom. The summed E-state index contributed by atoms with van der Waals surface area (Å²) in [7, 11) is 0. The van der Waals surface area contributed by atoms with Crippen LogP contribution in [0.3, 0.4) is 0 Å². The van der Waals surface area contributed by atoms with E-state index in [1.165, 1.54) is 6.20 Å². The van der Waals surface area contributed by atoms with Crippen LogP contribution in [0.4, 0.5) is 11.5 Å². The Morgan fingerprint density at radius 2 is 2.21 bits per heavy atom. The monoisotopic (exact) mass is 284 g/mol. The number of likely N-dealkylation sites (tertiary alicyclic amines) is 1. The number of nitrogens with two attached hydrogens (primary N) is 1. The molecule has 6 nitrogen and oxygen atoms in total. The highest BCUT2D eigenvalue weighted by atomic mass is 35.5. The average Bonchev–Trinajstić information content (AvgIpc) is 2.35. The molecule has 0 aromatic carbocycles. The predicted octanol–water partition coefficient (Wildman–Crippen LogP) is 1.04. The van der Waals surface area contributed by atoms with Gasteiger partial charge in [-0.1, -0.05) is 0 Å². The Labute approximate surface area is 117 Å². The lowest BCUT2D eigenvalue weighted by Gasteiger charge is -2.25. The molecule has 0 atom stereocenters. The maximum Gasteiger partial charge on any atom is 0.244 e. The van der Waals surface area contributed by atoms with Crippen molar-refractivity contribution in [1.29, 1.82) is 0 Å². The van der Waals surface area contributed by atoms with Gasteiger partial charge in [0.05, 0.1) is 18.4 Å². The van der Waals surface area contributed by atoms with Crippen LogP contribution in [-0.2, 0) is 9.59 Å². The molecule has 2 rings (SSSR count). The number of carbonyl (C=O) groups excluding carboxylic acids is 2. The minimum atomic E-state index is -0.211. The molecule has 1 saturated heterocycles. The maximum absolute atomic E-state index is 11.7. The van der Waals surface area contributed by atoms with Crippen molar-refractivity contribution in [3.05, 3.63) is 18.3 Å². The largest absolute Gasteiger partial charge is 0.384 e. The molecule has 2 amide bonds. The van der Waals surface area contributed by atoms with E-state index in [0.717, 1.165) is 12.8 Å². The van der Waals surface area contributed by atoms with Crippen molar-refractivity contribution in [1.82, 2.24) is 9.88 Å². The molecule has 0 saturated carbocycles. The van der Waals surface area contributed by atoms with Crippen molar-refractivity contribution in [2.24, 2.45) is 0 Å². The van der Waals surface area contributed by atoms with E-state index in [1.54, 1.807) is 17.0 Å². The minimum absolute atomic E-state index is 0. The summed E-state index contributed by atoms with van der Waals surface area (Å²) >= 11 is 0. The van der Waals surface area contributed by atoms with E-state index < -0.39 is 0 Å². The van der Waals surface area contributed by atoms with E-state index in [-0.39, 0.29) is 30.8 Å². The molecule has 3 N–H and O–H groups in total. The molecule has 0 bridgehead atoms. The van der Waals surface area contributed by atoms with Crippen LogP contribution in [0.5, 0.6) is 0 Å². The highest BCUT2D eigenvalue weighted by molar-refractivity contribution is 5.94. The molecule has 0 radical (unpaired) electrons. The molecule has 104 valence electrons. The van der Waals surface area contributed by atoms with Crippen LogP contribution in [0, 0.1) is 0 Å². The van der Waals surface area contributed by atoms with E-state index in [1.807, 2.05) is 0 Å². The quantitative estimate of drug-likeness (QED) is 0.868. The van der Waals surface area contributed by atoms with Gasteiger partial charge < -0.3 is 16.0 Å². The second-order valence-corrected chi connectivity index (χ2v) is 4.29. The highest BCUT2D eigenvalue weighted by Gasteiger charge is 2.20. The van der Waals surface area contributed by atoms with E-state index in [4.69, 9.17) is 5.73 Å². The second kappa shape index (κ2) is 6.94. The van der Waals surface area contributed by atoms with Gasteiger partial charge in [0.15, 0.2) is 0 Å². The van der Waals surface area contributed by atoms with Crippen LogP contribution in [0.2, 0.25) is 0 Å². The smallest absolute Gasteiger partial charge is 0.244 e.